The van der Waals surface area contributed by atoms with Gasteiger partial charge in [0.15, 0.2) is 0 Å². The van der Waals surface area contributed by atoms with Crippen molar-refractivity contribution in [1.82, 2.24) is 8.81 Å². The zero-order valence-electron chi connectivity index (χ0n) is 4.28. The molecular formula is C4H3BrN2O2. The highest BCUT2D eigenvalue weighted by atomic mass is 79.9. The highest BCUT2D eigenvalue weighted by molar-refractivity contribution is 9.08. The van der Waals surface area contributed by atoms with E-state index in [4.69, 9.17) is 5.11 Å². The van der Waals surface area contributed by atoms with Crippen molar-refractivity contribution in [2.45, 2.75) is 0 Å². The average molecular weight is 191 g/mol. The Bertz CT molecular complexity index is 232. The van der Waals surface area contributed by atoms with Crippen LogP contribution in [0.25, 0.3) is 0 Å². The zero-order chi connectivity index (χ0) is 6.85. The molecule has 1 rings (SSSR count). The lowest BCUT2D eigenvalue weighted by molar-refractivity contribution is 0.0697. The molecule has 0 radical (unpaired) electrons. The molecule has 0 unspecified atom stereocenters. The van der Waals surface area contributed by atoms with E-state index in [0.717, 1.165) is 0 Å². The number of carboxylic acids is 1. The van der Waals surface area contributed by atoms with Crippen molar-refractivity contribution in [3.63, 3.8) is 0 Å². The molecule has 0 bridgehead atoms. The van der Waals surface area contributed by atoms with Gasteiger partial charge in [0.2, 0.25) is 0 Å². The van der Waals surface area contributed by atoms with E-state index in [1.54, 1.807) is 0 Å². The van der Waals surface area contributed by atoms with Crippen LogP contribution < -0.4 is 0 Å². The van der Waals surface area contributed by atoms with Crippen LogP contribution in [0, 0.1) is 0 Å². The zero-order valence-corrected chi connectivity index (χ0v) is 5.87. The van der Waals surface area contributed by atoms with Gasteiger partial charge in [-0.1, -0.05) is 0 Å². The van der Waals surface area contributed by atoms with Crippen LogP contribution in [0.15, 0.2) is 12.4 Å². The Kier molecular flexibility index (Phi) is 1.52. The summed E-state index contributed by atoms with van der Waals surface area (Å²) in [5, 5.41) is 11.9. The summed E-state index contributed by atoms with van der Waals surface area (Å²) in [7, 11) is 0. The molecule has 4 nitrogen and oxygen atoms in total. The third-order valence-corrected chi connectivity index (χ3v) is 1.19. The third kappa shape index (κ3) is 1.29. The highest BCUT2D eigenvalue weighted by Crippen LogP contribution is 1.98. The van der Waals surface area contributed by atoms with Crippen molar-refractivity contribution in [1.29, 1.82) is 0 Å². The molecule has 0 aliphatic rings. The van der Waals surface area contributed by atoms with Gasteiger partial charge in [-0.25, -0.2) is 8.50 Å². The number of aromatic carboxylic acids is 1. The standard InChI is InChI=1S/C4H3BrN2O2/c5-7-2-3(1-6-7)4(8)9/h1-2H,(H,8,9). The van der Waals surface area contributed by atoms with Crippen molar-refractivity contribution in [3.05, 3.63) is 18.0 Å². The van der Waals surface area contributed by atoms with E-state index in [2.05, 4.69) is 21.2 Å². The summed E-state index contributed by atoms with van der Waals surface area (Å²) in [5.74, 6) is -0.972. The van der Waals surface area contributed by atoms with Crippen molar-refractivity contribution < 1.29 is 9.90 Å². The fourth-order valence-corrected chi connectivity index (χ4v) is 0.721. The van der Waals surface area contributed by atoms with Gasteiger partial charge in [-0.15, -0.1) is 0 Å². The second kappa shape index (κ2) is 2.18. The minimum absolute atomic E-state index is 0.173. The molecule has 0 aromatic carbocycles. The van der Waals surface area contributed by atoms with Crippen LogP contribution in [0.3, 0.4) is 0 Å². The van der Waals surface area contributed by atoms with Gasteiger partial charge in [0.05, 0.1) is 34.1 Å². The lowest BCUT2D eigenvalue weighted by Gasteiger charge is -1.79. The molecule has 5 heteroatoms. The van der Waals surface area contributed by atoms with E-state index in [-0.39, 0.29) is 5.56 Å². The molecule has 0 saturated carbocycles. The quantitative estimate of drug-likeness (QED) is 0.711. The number of nitrogens with zero attached hydrogens (tertiary/aromatic N) is 2. The lowest BCUT2D eigenvalue weighted by Crippen LogP contribution is -1.91. The minimum atomic E-state index is -0.972. The first-order valence-electron chi connectivity index (χ1n) is 2.14. The smallest absolute Gasteiger partial charge is 0.338 e. The summed E-state index contributed by atoms with van der Waals surface area (Å²) in [4.78, 5) is 10.1. The Morgan fingerprint density at radius 3 is 2.78 bits per heavy atom. The van der Waals surface area contributed by atoms with Crippen LogP contribution in [-0.2, 0) is 0 Å². The predicted molar refractivity (Wildman–Crippen MR) is 33.5 cm³/mol. The Morgan fingerprint density at radius 1 is 1.89 bits per heavy atom. The lowest BCUT2D eigenvalue weighted by atomic mass is 10.4. The van der Waals surface area contributed by atoms with Crippen LogP contribution in [0.5, 0.6) is 0 Å². The number of hydrogen-bond acceptors (Lipinski definition) is 2. The molecule has 9 heavy (non-hydrogen) atoms. The maximum Gasteiger partial charge on any atom is 0.338 e. The summed E-state index contributed by atoms with van der Waals surface area (Å²) in [5.41, 5.74) is 0.173. The molecule has 0 aliphatic carbocycles. The summed E-state index contributed by atoms with van der Waals surface area (Å²) < 4.78 is 1.26. The minimum Gasteiger partial charge on any atom is -0.478 e. The van der Waals surface area contributed by atoms with Gasteiger partial charge in [-0.05, 0) is 0 Å². The summed E-state index contributed by atoms with van der Waals surface area (Å²) in [6, 6.07) is 0. The summed E-state index contributed by atoms with van der Waals surface area (Å²) in [6.07, 6.45) is 2.62. The predicted octanol–water partition coefficient (Wildman–Crippen LogP) is 0.739. The van der Waals surface area contributed by atoms with Crippen LogP contribution >= 0.6 is 16.1 Å². The van der Waals surface area contributed by atoms with Crippen molar-refractivity contribution in [2.24, 2.45) is 0 Å². The van der Waals surface area contributed by atoms with Crippen LogP contribution in [-0.4, -0.2) is 19.9 Å². The molecule has 0 fully saturated rings. The Morgan fingerprint density at radius 2 is 2.56 bits per heavy atom. The second-order valence-corrected chi connectivity index (χ2v) is 2.15. The molecule has 0 aliphatic heterocycles. The first-order chi connectivity index (χ1) is 4.20. The van der Waals surface area contributed by atoms with Gasteiger partial charge >= 0.3 is 5.97 Å². The maximum absolute atomic E-state index is 10.1. The van der Waals surface area contributed by atoms with E-state index in [1.165, 1.54) is 16.1 Å². The number of rotatable bonds is 1. The largest absolute Gasteiger partial charge is 0.478 e. The van der Waals surface area contributed by atoms with Crippen LogP contribution in [0.1, 0.15) is 10.4 Å². The fraction of sp³-hybridized carbons (Fsp3) is 0. The topological polar surface area (TPSA) is 55.1 Å². The number of carbonyl (C=O) groups is 1. The molecule has 48 valence electrons. The molecule has 0 atom stereocenters. The number of aromatic nitrogens is 2. The van der Waals surface area contributed by atoms with E-state index in [0.29, 0.717) is 0 Å². The Balaban J connectivity index is 2.98. The van der Waals surface area contributed by atoms with Crippen molar-refractivity contribution >= 4 is 22.1 Å². The number of carboxylic acid groups (broad SMARTS) is 1. The SMILES string of the molecule is O=C(O)c1cnn(Br)c1. The number of halogens is 1. The molecule has 1 N–H and O–H groups in total. The summed E-state index contributed by atoms with van der Waals surface area (Å²) in [6.45, 7) is 0. The van der Waals surface area contributed by atoms with Gasteiger partial charge in [-0.2, -0.15) is 5.10 Å². The van der Waals surface area contributed by atoms with Gasteiger partial charge in [0.1, 0.15) is 0 Å². The monoisotopic (exact) mass is 190 g/mol. The van der Waals surface area contributed by atoms with E-state index in [1.807, 2.05) is 0 Å². The van der Waals surface area contributed by atoms with E-state index in [9.17, 15) is 4.79 Å². The van der Waals surface area contributed by atoms with Crippen LogP contribution in [0.4, 0.5) is 0 Å². The molecule has 1 aromatic heterocycles. The first-order valence-corrected chi connectivity index (χ1v) is 2.85. The molecule has 1 heterocycles. The fourth-order valence-electron chi connectivity index (χ4n) is 0.409. The Labute approximate surface area is 59.4 Å². The van der Waals surface area contributed by atoms with Crippen molar-refractivity contribution in [3.8, 4) is 0 Å². The normalized spacial score (nSPS) is 9.44. The molecular weight excluding hydrogens is 188 g/mol. The highest BCUT2D eigenvalue weighted by Gasteiger charge is 2.02. The van der Waals surface area contributed by atoms with Gasteiger partial charge in [0.25, 0.3) is 0 Å². The van der Waals surface area contributed by atoms with E-state index >= 15 is 0 Å². The summed E-state index contributed by atoms with van der Waals surface area (Å²) >= 11 is 2.94. The van der Waals surface area contributed by atoms with Gasteiger partial charge in [0, 0.05) is 0 Å². The van der Waals surface area contributed by atoms with Gasteiger partial charge < -0.3 is 5.11 Å². The molecule has 0 spiro atoms. The maximum atomic E-state index is 10.1. The third-order valence-electron chi connectivity index (χ3n) is 0.800. The van der Waals surface area contributed by atoms with E-state index < -0.39 is 5.97 Å². The molecule has 1 aromatic rings. The number of hydrogen-bond donors (Lipinski definition) is 1. The molecule has 0 amide bonds. The van der Waals surface area contributed by atoms with Crippen molar-refractivity contribution in [2.75, 3.05) is 0 Å². The molecule has 0 saturated heterocycles. The average Bonchev–Trinajstić information content (AvgIpc) is 2.14. The second-order valence-electron chi connectivity index (χ2n) is 1.42. The Hall–Kier alpha value is -0.840. The van der Waals surface area contributed by atoms with Crippen LogP contribution in [0.2, 0.25) is 0 Å². The van der Waals surface area contributed by atoms with Gasteiger partial charge in [-0.3, -0.25) is 0 Å². The first kappa shape index (κ1) is 6.28.